The van der Waals surface area contributed by atoms with Gasteiger partial charge in [-0.05, 0) is 42.9 Å². The Morgan fingerprint density at radius 1 is 1.00 bits per heavy atom. The molecule has 0 aliphatic rings. The van der Waals surface area contributed by atoms with E-state index in [4.69, 9.17) is 0 Å². The summed E-state index contributed by atoms with van der Waals surface area (Å²) in [5, 5.41) is 9.45. The maximum atomic E-state index is 13.6. The monoisotopic (exact) mass is 276 g/mol. The minimum atomic E-state index is -0.838. The lowest BCUT2D eigenvalue weighted by Crippen LogP contribution is -2.14. The Kier molecular flexibility index (Phi) is 4.85. The molecule has 3 heteroatoms. The molecular weight excluding hydrogens is 258 g/mol. The molecule has 0 amide bonds. The number of aliphatic hydroxyl groups excluding tert-OH is 1. The number of hydrogen-bond donors (Lipinski definition) is 1. The van der Waals surface area contributed by atoms with Gasteiger partial charge in [0.2, 0.25) is 0 Å². The van der Waals surface area contributed by atoms with Crippen LogP contribution in [0.15, 0.2) is 42.5 Å². The second-order valence-electron chi connectivity index (χ2n) is 5.16. The SMILES string of the molecule is Cc1ccc(CC(CO)Cc2cccc(F)c2F)cc1. The molecule has 1 unspecified atom stereocenters. The van der Waals surface area contributed by atoms with Crippen molar-refractivity contribution in [2.45, 2.75) is 19.8 Å². The molecule has 2 aromatic rings. The quantitative estimate of drug-likeness (QED) is 0.883. The zero-order chi connectivity index (χ0) is 14.5. The lowest BCUT2D eigenvalue weighted by molar-refractivity contribution is 0.223. The first kappa shape index (κ1) is 14.7. The van der Waals surface area contributed by atoms with Crippen LogP contribution >= 0.6 is 0 Å². The molecular formula is C17H18F2O. The van der Waals surface area contributed by atoms with E-state index in [2.05, 4.69) is 0 Å². The van der Waals surface area contributed by atoms with Gasteiger partial charge in [-0.2, -0.15) is 0 Å². The van der Waals surface area contributed by atoms with Crippen LogP contribution in [0.25, 0.3) is 0 Å². The normalized spacial score (nSPS) is 12.4. The van der Waals surface area contributed by atoms with Crippen LogP contribution in [0.2, 0.25) is 0 Å². The van der Waals surface area contributed by atoms with E-state index in [0.717, 1.165) is 11.6 Å². The van der Waals surface area contributed by atoms with Crippen LogP contribution in [0, 0.1) is 24.5 Å². The summed E-state index contributed by atoms with van der Waals surface area (Å²) in [4.78, 5) is 0. The van der Waals surface area contributed by atoms with Crippen LogP contribution in [-0.4, -0.2) is 11.7 Å². The predicted octanol–water partition coefficient (Wildman–Crippen LogP) is 3.67. The minimum Gasteiger partial charge on any atom is -0.396 e. The van der Waals surface area contributed by atoms with E-state index in [0.29, 0.717) is 18.4 Å². The topological polar surface area (TPSA) is 20.2 Å². The van der Waals surface area contributed by atoms with Gasteiger partial charge in [0.15, 0.2) is 11.6 Å². The van der Waals surface area contributed by atoms with Crippen molar-refractivity contribution in [1.29, 1.82) is 0 Å². The average molecular weight is 276 g/mol. The van der Waals surface area contributed by atoms with E-state index in [-0.39, 0.29) is 12.5 Å². The van der Waals surface area contributed by atoms with Gasteiger partial charge in [0, 0.05) is 6.61 Å². The van der Waals surface area contributed by atoms with Gasteiger partial charge in [-0.25, -0.2) is 8.78 Å². The second-order valence-corrected chi connectivity index (χ2v) is 5.16. The van der Waals surface area contributed by atoms with Gasteiger partial charge in [-0.15, -0.1) is 0 Å². The zero-order valence-corrected chi connectivity index (χ0v) is 11.4. The van der Waals surface area contributed by atoms with E-state index in [1.165, 1.54) is 11.6 Å². The Labute approximate surface area is 117 Å². The summed E-state index contributed by atoms with van der Waals surface area (Å²) in [6, 6.07) is 12.2. The minimum absolute atomic E-state index is 0.0518. The van der Waals surface area contributed by atoms with Crippen molar-refractivity contribution in [2.24, 2.45) is 5.92 Å². The summed E-state index contributed by atoms with van der Waals surface area (Å²) < 4.78 is 26.8. The third-order valence-electron chi connectivity index (χ3n) is 3.44. The number of benzene rings is 2. The first-order valence-electron chi connectivity index (χ1n) is 6.69. The van der Waals surface area contributed by atoms with Crippen LogP contribution in [0.4, 0.5) is 8.78 Å². The first-order valence-corrected chi connectivity index (χ1v) is 6.69. The molecule has 2 aromatic carbocycles. The molecule has 1 nitrogen and oxygen atoms in total. The molecule has 0 heterocycles. The zero-order valence-electron chi connectivity index (χ0n) is 11.4. The molecule has 0 aromatic heterocycles. The molecule has 0 fully saturated rings. The molecule has 0 saturated heterocycles. The first-order chi connectivity index (χ1) is 9.60. The van der Waals surface area contributed by atoms with Gasteiger partial charge < -0.3 is 5.11 Å². The molecule has 1 N–H and O–H groups in total. The molecule has 1 atom stereocenters. The number of aryl methyl sites for hydroxylation is 1. The Hall–Kier alpha value is -1.74. The highest BCUT2D eigenvalue weighted by Crippen LogP contribution is 2.19. The number of aliphatic hydroxyl groups is 1. The summed E-state index contributed by atoms with van der Waals surface area (Å²) in [5.41, 5.74) is 2.58. The highest BCUT2D eigenvalue weighted by Gasteiger charge is 2.14. The lowest BCUT2D eigenvalue weighted by Gasteiger charge is -2.15. The highest BCUT2D eigenvalue weighted by atomic mass is 19.2. The maximum absolute atomic E-state index is 13.6. The molecule has 0 radical (unpaired) electrons. The van der Waals surface area contributed by atoms with Crippen molar-refractivity contribution >= 4 is 0 Å². The summed E-state index contributed by atoms with van der Waals surface area (Å²) in [5.74, 6) is -1.77. The highest BCUT2D eigenvalue weighted by molar-refractivity contribution is 5.23. The molecule has 0 bridgehead atoms. The number of halogens is 2. The molecule has 0 aliphatic heterocycles. The Morgan fingerprint density at radius 3 is 2.35 bits per heavy atom. The van der Waals surface area contributed by atoms with E-state index in [1.807, 2.05) is 31.2 Å². The number of rotatable bonds is 5. The van der Waals surface area contributed by atoms with Crippen molar-refractivity contribution in [3.05, 3.63) is 70.8 Å². The lowest BCUT2D eigenvalue weighted by atomic mass is 9.92. The van der Waals surface area contributed by atoms with Gasteiger partial charge in [-0.1, -0.05) is 42.0 Å². The Bertz CT molecular complexity index is 564. The summed E-state index contributed by atoms with van der Waals surface area (Å²) in [6.45, 7) is 1.96. The smallest absolute Gasteiger partial charge is 0.162 e. The third kappa shape index (κ3) is 3.64. The molecule has 0 spiro atoms. The van der Waals surface area contributed by atoms with E-state index in [1.54, 1.807) is 6.07 Å². The van der Waals surface area contributed by atoms with Crippen molar-refractivity contribution in [3.63, 3.8) is 0 Å². The van der Waals surface area contributed by atoms with E-state index < -0.39 is 11.6 Å². The molecule has 0 saturated carbocycles. The molecule has 106 valence electrons. The molecule has 2 rings (SSSR count). The van der Waals surface area contributed by atoms with Crippen LogP contribution in [0.1, 0.15) is 16.7 Å². The summed E-state index contributed by atoms with van der Waals surface area (Å²) >= 11 is 0. The standard InChI is InChI=1S/C17H18F2O/c1-12-5-7-13(8-6-12)9-14(11-20)10-15-3-2-4-16(18)17(15)19/h2-8,14,20H,9-11H2,1H3. The fourth-order valence-corrected chi connectivity index (χ4v) is 2.28. The second kappa shape index (κ2) is 6.62. The van der Waals surface area contributed by atoms with Gasteiger partial charge in [-0.3, -0.25) is 0 Å². The fraction of sp³-hybridized carbons (Fsp3) is 0.294. The van der Waals surface area contributed by atoms with E-state index >= 15 is 0 Å². The fourth-order valence-electron chi connectivity index (χ4n) is 2.28. The largest absolute Gasteiger partial charge is 0.396 e. The van der Waals surface area contributed by atoms with Crippen LogP contribution in [0.3, 0.4) is 0 Å². The van der Waals surface area contributed by atoms with Crippen molar-refractivity contribution in [2.75, 3.05) is 6.61 Å². The van der Waals surface area contributed by atoms with Crippen molar-refractivity contribution < 1.29 is 13.9 Å². The van der Waals surface area contributed by atoms with Gasteiger partial charge >= 0.3 is 0 Å². The number of hydrogen-bond acceptors (Lipinski definition) is 1. The van der Waals surface area contributed by atoms with Gasteiger partial charge in [0.1, 0.15) is 0 Å². The van der Waals surface area contributed by atoms with Gasteiger partial charge in [0.25, 0.3) is 0 Å². The molecule has 0 aliphatic carbocycles. The van der Waals surface area contributed by atoms with Crippen molar-refractivity contribution in [3.8, 4) is 0 Å². The van der Waals surface area contributed by atoms with Crippen LogP contribution < -0.4 is 0 Å². The third-order valence-corrected chi connectivity index (χ3v) is 3.44. The van der Waals surface area contributed by atoms with Crippen LogP contribution in [-0.2, 0) is 12.8 Å². The van der Waals surface area contributed by atoms with Crippen molar-refractivity contribution in [1.82, 2.24) is 0 Å². The average Bonchev–Trinajstić information content (AvgIpc) is 2.45. The predicted molar refractivity (Wildman–Crippen MR) is 75.5 cm³/mol. The maximum Gasteiger partial charge on any atom is 0.162 e. The summed E-state index contributed by atoms with van der Waals surface area (Å²) in [7, 11) is 0. The Balaban J connectivity index is 2.09. The summed E-state index contributed by atoms with van der Waals surface area (Å²) in [6.07, 6.45) is 0.973. The molecule has 20 heavy (non-hydrogen) atoms. The van der Waals surface area contributed by atoms with E-state index in [9.17, 15) is 13.9 Å². The van der Waals surface area contributed by atoms with Crippen LogP contribution in [0.5, 0.6) is 0 Å². The Morgan fingerprint density at radius 2 is 1.70 bits per heavy atom. The van der Waals surface area contributed by atoms with Gasteiger partial charge in [0.05, 0.1) is 0 Å².